The Morgan fingerprint density at radius 1 is 1.25 bits per heavy atom. The monoisotopic (exact) mass is 416 g/mol. The quantitative estimate of drug-likeness (QED) is 0.601. The minimum Gasteiger partial charge on any atom is -0.475 e. The van der Waals surface area contributed by atoms with E-state index in [1.54, 1.807) is 31.2 Å². The van der Waals surface area contributed by atoms with Crippen LogP contribution in [0.3, 0.4) is 0 Å². The van der Waals surface area contributed by atoms with E-state index in [9.17, 15) is 8.42 Å². The van der Waals surface area contributed by atoms with Gasteiger partial charge in [0.25, 0.3) is 10.2 Å². The first-order chi connectivity index (χ1) is 11.5. The summed E-state index contributed by atoms with van der Waals surface area (Å²) in [6.45, 7) is 1.74. The van der Waals surface area contributed by atoms with E-state index in [-0.39, 0.29) is 31.5 Å². The molecule has 10 heteroatoms. The summed E-state index contributed by atoms with van der Waals surface area (Å²) in [5, 5.41) is 8.96. The Morgan fingerprint density at radius 2 is 1.96 bits per heavy atom. The number of benzene rings is 1. The molecule has 0 saturated carbocycles. The molecule has 8 nitrogen and oxygen atoms in total. The summed E-state index contributed by atoms with van der Waals surface area (Å²) in [4.78, 5) is 8.06. The van der Waals surface area contributed by atoms with Crippen LogP contribution >= 0.6 is 15.9 Å². The third kappa shape index (κ3) is 4.87. The fourth-order valence-electron chi connectivity index (χ4n) is 1.93. The largest absolute Gasteiger partial charge is 0.475 e. The number of hydrogen-bond donors (Lipinski definition) is 3. The van der Waals surface area contributed by atoms with Crippen molar-refractivity contribution in [3.8, 4) is 17.0 Å². The molecule has 1 aromatic heterocycles. The Balaban J connectivity index is 2.51. The van der Waals surface area contributed by atoms with E-state index in [2.05, 4.69) is 35.3 Å². The molecule has 2 rings (SSSR count). The normalized spacial score (nSPS) is 11.3. The van der Waals surface area contributed by atoms with Gasteiger partial charge in [0.15, 0.2) is 5.82 Å². The molecule has 2 aromatic rings. The fourth-order valence-corrected chi connectivity index (χ4v) is 3.05. The Labute approximate surface area is 148 Å². The number of aromatic nitrogens is 2. The predicted octanol–water partition coefficient (Wildman–Crippen LogP) is 1.54. The smallest absolute Gasteiger partial charge is 0.300 e. The van der Waals surface area contributed by atoms with Crippen molar-refractivity contribution in [2.75, 3.05) is 24.5 Å². The minimum atomic E-state index is -3.77. The first kappa shape index (κ1) is 18.6. The second kappa shape index (κ2) is 8.38. The molecule has 0 spiro atoms. The standard InChI is InChI=1S/C14H17BrN4O4S/c1-2-18-24(21,22)19-13-12(10-3-5-11(15)6-4-10)14(17-9-16-13)23-8-7-20/h3-6,9,18,20H,2,7-8H2,1H3,(H,16,17,19). The third-order valence-electron chi connectivity index (χ3n) is 2.84. The van der Waals surface area contributed by atoms with Gasteiger partial charge in [0.2, 0.25) is 5.88 Å². The van der Waals surface area contributed by atoms with Crippen LogP contribution in [0, 0.1) is 0 Å². The van der Waals surface area contributed by atoms with Crippen LogP contribution in [0.25, 0.3) is 11.1 Å². The molecule has 1 heterocycles. The number of nitrogens with zero attached hydrogens (tertiary/aromatic N) is 2. The predicted molar refractivity (Wildman–Crippen MR) is 94.0 cm³/mol. The average Bonchev–Trinajstić information content (AvgIpc) is 2.53. The second-order valence-electron chi connectivity index (χ2n) is 4.58. The summed E-state index contributed by atoms with van der Waals surface area (Å²) in [7, 11) is -3.77. The van der Waals surface area contributed by atoms with Crippen molar-refractivity contribution in [1.82, 2.24) is 14.7 Å². The van der Waals surface area contributed by atoms with Crippen LogP contribution in [-0.4, -0.2) is 43.3 Å². The zero-order valence-corrected chi connectivity index (χ0v) is 15.3. The van der Waals surface area contributed by atoms with Crippen LogP contribution in [0.2, 0.25) is 0 Å². The number of rotatable bonds is 8. The van der Waals surface area contributed by atoms with E-state index in [4.69, 9.17) is 9.84 Å². The first-order valence-corrected chi connectivity index (χ1v) is 9.36. The van der Waals surface area contributed by atoms with Gasteiger partial charge in [0, 0.05) is 11.0 Å². The van der Waals surface area contributed by atoms with Gasteiger partial charge in [-0.3, -0.25) is 4.72 Å². The van der Waals surface area contributed by atoms with Crippen LogP contribution in [0.5, 0.6) is 5.88 Å². The maximum absolute atomic E-state index is 12.0. The molecule has 0 bridgehead atoms. The number of ether oxygens (including phenoxy) is 1. The first-order valence-electron chi connectivity index (χ1n) is 7.09. The molecular formula is C14H17BrN4O4S. The van der Waals surface area contributed by atoms with E-state index >= 15 is 0 Å². The lowest BCUT2D eigenvalue weighted by molar-refractivity contribution is 0.197. The second-order valence-corrected chi connectivity index (χ2v) is 7.00. The number of aliphatic hydroxyl groups is 1. The highest BCUT2D eigenvalue weighted by Crippen LogP contribution is 2.34. The molecular weight excluding hydrogens is 400 g/mol. The van der Waals surface area contributed by atoms with E-state index in [1.807, 2.05) is 0 Å². The Morgan fingerprint density at radius 3 is 2.58 bits per heavy atom. The van der Waals surface area contributed by atoms with Crippen molar-refractivity contribution >= 4 is 32.0 Å². The molecule has 3 N–H and O–H groups in total. The van der Waals surface area contributed by atoms with Gasteiger partial charge in [-0.05, 0) is 17.7 Å². The molecule has 0 aliphatic rings. The van der Waals surface area contributed by atoms with Crippen molar-refractivity contribution in [2.24, 2.45) is 0 Å². The van der Waals surface area contributed by atoms with Crippen molar-refractivity contribution in [1.29, 1.82) is 0 Å². The summed E-state index contributed by atoms with van der Waals surface area (Å²) >= 11 is 3.35. The maximum atomic E-state index is 12.0. The molecule has 0 atom stereocenters. The minimum absolute atomic E-state index is 0.0277. The molecule has 1 aromatic carbocycles. The lowest BCUT2D eigenvalue weighted by Gasteiger charge is -2.15. The number of nitrogens with one attached hydrogen (secondary N) is 2. The van der Waals surface area contributed by atoms with Crippen LogP contribution in [-0.2, 0) is 10.2 Å². The van der Waals surface area contributed by atoms with Gasteiger partial charge in [-0.1, -0.05) is 35.0 Å². The van der Waals surface area contributed by atoms with E-state index < -0.39 is 10.2 Å². The van der Waals surface area contributed by atoms with E-state index in [0.717, 1.165) is 4.47 Å². The number of aliphatic hydroxyl groups excluding tert-OH is 1. The van der Waals surface area contributed by atoms with Crippen molar-refractivity contribution in [2.45, 2.75) is 6.92 Å². The van der Waals surface area contributed by atoms with Crippen molar-refractivity contribution in [3.05, 3.63) is 35.1 Å². The highest BCUT2D eigenvalue weighted by molar-refractivity contribution is 9.10. The van der Waals surface area contributed by atoms with E-state index in [1.165, 1.54) is 6.33 Å². The summed E-state index contributed by atoms with van der Waals surface area (Å²) in [5.74, 6) is 0.261. The van der Waals surface area contributed by atoms with Crippen LogP contribution in [0.1, 0.15) is 6.92 Å². The highest BCUT2D eigenvalue weighted by atomic mass is 79.9. The number of hydrogen-bond acceptors (Lipinski definition) is 6. The molecule has 0 fully saturated rings. The van der Waals surface area contributed by atoms with Gasteiger partial charge >= 0.3 is 0 Å². The van der Waals surface area contributed by atoms with Gasteiger partial charge in [0.05, 0.1) is 12.2 Å². The van der Waals surface area contributed by atoms with Crippen LogP contribution < -0.4 is 14.2 Å². The van der Waals surface area contributed by atoms with Gasteiger partial charge in [-0.2, -0.15) is 13.1 Å². The average molecular weight is 417 g/mol. The van der Waals surface area contributed by atoms with Crippen molar-refractivity contribution < 1.29 is 18.3 Å². The topological polar surface area (TPSA) is 113 Å². The Hall–Kier alpha value is -1.75. The number of anilines is 1. The molecule has 0 aliphatic carbocycles. The molecule has 0 unspecified atom stereocenters. The maximum Gasteiger partial charge on any atom is 0.300 e. The van der Waals surface area contributed by atoms with Crippen LogP contribution in [0.15, 0.2) is 35.1 Å². The van der Waals surface area contributed by atoms with Crippen molar-refractivity contribution in [3.63, 3.8) is 0 Å². The molecule has 0 radical (unpaired) electrons. The lowest BCUT2D eigenvalue weighted by atomic mass is 10.1. The Kier molecular flexibility index (Phi) is 6.49. The molecule has 24 heavy (non-hydrogen) atoms. The third-order valence-corrected chi connectivity index (χ3v) is 4.50. The summed E-state index contributed by atoms with van der Waals surface area (Å²) < 4.78 is 35.0. The molecule has 0 aliphatic heterocycles. The van der Waals surface area contributed by atoms with Gasteiger partial charge in [0.1, 0.15) is 12.9 Å². The molecule has 0 saturated heterocycles. The fraction of sp³-hybridized carbons (Fsp3) is 0.286. The SMILES string of the molecule is CCNS(=O)(=O)Nc1ncnc(OCCO)c1-c1ccc(Br)cc1. The molecule has 130 valence electrons. The lowest BCUT2D eigenvalue weighted by Crippen LogP contribution is -2.30. The summed E-state index contributed by atoms with van der Waals surface area (Å²) in [5.41, 5.74) is 1.06. The zero-order valence-electron chi connectivity index (χ0n) is 12.9. The zero-order chi connectivity index (χ0) is 17.6. The van der Waals surface area contributed by atoms with Gasteiger partial charge in [-0.25, -0.2) is 9.97 Å². The highest BCUT2D eigenvalue weighted by Gasteiger charge is 2.19. The van der Waals surface area contributed by atoms with E-state index in [0.29, 0.717) is 11.1 Å². The Bertz CT molecular complexity index is 784. The summed E-state index contributed by atoms with van der Waals surface area (Å²) in [6, 6.07) is 7.17. The number of halogens is 1. The molecule has 0 amide bonds. The van der Waals surface area contributed by atoms with Crippen LogP contribution in [0.4, 0.5) is 5.82 Å². The van der Waals surface area contributed by atoms with Gasteiger partial charge < -0.3 is 9.84 Å². The summed E-state index contributed by atoms with van der Waals surface area (Å²) in [6.07, 6.45) is 1.19. The van der Waals surface area contributed by atoms with Gasteiger partial charge in [-0.15, -0.1) is 0 Å².